The molecule has 0 aliphatic carbocycles. The molecule has 0 atom stereocenters. The molecular weight excluding hydrogens is 282 g/mol. The summed E-state index contributed by atoms with van der Waals surface area (Å²) in [6.07, 6.45) is 0. The lowest BCUT2D eigenvalue weighted by Gasteiger charge is -2.11. The van der Waals surface area contributed by atoms with Gasteiger partial charge in [-0.05, 0) is 11.6 Å². The van der Waals surface area contributed by atoms with Gasteiger partial charge in [0.25, 0.3) is 5.56 Å². The van der Waals surface area contributed by atoms with Gasteiger partial charge in [-0.15, -0.1) is 0 Å². The molecule has 2 rings (SSSR count). The highest BCUT2D eigenvalue weighted by Gasteiger charge is 2.12. The number of carbonyl (C=O) groups is 1. The number of nitrogens with two attached hydrogens (primary N) is 1. The maximum absolute atomic E-state index is 12.0. The Balaban J connectivity index is 2.57. The van der Waals surface area contributed by atoms with Gasteiger partial charge in [0.15, 0.2) is 0 Å². The highest BCUT2D eigenvalue weighted by atomic mass is 35.5. The summed E-state index contributed by atoms with van der Waals surface area (Å²) in [5, 5.41) is 0.0115. The zero-order valence-electron chi connectivity index (χ0n) is 10.7. The van der Waals surface area contributed by atoms with Crippen molar-refractivity contribution in [3.8, 4) is 0 Å². The van der Waals surface area contributed by atoms with E-state index in [1.165, 1.54) is 11.6 Å². The van der Waals surface area contributed by atoms with Crippen LogP contribution in [0.25, 0.3) is 0 Å². The van der Waals surface area contributed by atoms with E-state index in [1.54, 1.807) is 24.3 Å². The number of nitrogens with zero attached hydrogens (tertiary/aromatic N) is 2. The second-order valence-corrected chi connectivity index (χ2v) is 4.64. The van der Waals surface area contributed by atoms with Gasteiger partial charge in [0.2, 0.25) is 5.91 Å². The van der Waals surface area contributed by atoms with Crippen molar-refractivity contribution in [1.82, 2.24) is 9.13 Å². The van der Waals surface area contributed by atoms with Gasteiger partial charge in [-0.2, -0.15) is 0 Å². The van der Waals surface area contributed by atoms with E-state index in [-0.39, 0.29) is 11.7 Å². The Morgan fingerprint density at radius 2 is 1.95 bits per heavy atom. The molecule has 20 heavy (non-hydrogen) atoms. The third-order valence-corrected chi connectivity index (χ3v) is 3.27. The molecule has 1 amide bonds. The van der Waals surface area contributed by atoms with Crippen molar-refractivity contribution >= 4 is 17.5 Å². The molecule has 0 aliphatic heterocycles. The van der Waals surface area contributed by atoms with Crippen LogP contribution in [0.15, 0.2) is 39.9 Å². The smallest absolute Gasteiger partial charge is 0.332 e. The van der Waals surface area contributed by atoms with Gasteiger partial charge in [0.05, 0.1) is 6.54 Å². The molecule has 7 heteroatoms. The number of hydrogen-bond acceptors (Lipinski definition) is 3. The van der Waals surface area contributed by atoms with Gasteiger partial charge in [-0.25, -0.2) is 4.79 Å². The highest BCUT2D eigenvalue weighted by Crippen LogP contribution is 2.12. The molecule has 1 aromatic heterocycles. The Kier molecular flexibility index (Phi) is 3.76. The molecule has 0 radical (unpaired) electrons. The molecule has 104 valence electrons. The first-order valence-corrected chi connectivity index (χ1v) is 6.13. The van der Waals surface area contributed by atoms with Crippen LogP contribution >= 0.6 is 11.6 Å². The Bertz CT molecular complexity index is 792. The fourth-order valence-corrected chi connectivity index (χ4v) is 2.08. The fraction of sp³-hybridized carbons (Fsp3) is 0.154. The van der Waals surface area contributed by atoms with Crippen LogP contribution in [0.2, 0.25) is 5.15 Å². The molecule has 1 aromatic carbocycles. The molecule has 0 saturated heterocycles. The van der Waals surface area contributed by atoms with Crippen molar-refractivity contribution < 1.29 is 4.79 Å². The summed E-state index contributed by atoms with van der Waals surface area (Å²) in [6.45, 7) is 0.0604. The molecular formula is C13H12ClN3O3. The minimum absolute atomic E-state index is 0.0115. The standard InChI is InChI=1S/C13H12ClN3O3/c1-16-11(18)6-10(14)17(13(16)20)7-8-4-2-3-5-9(8)12(15)19/h2-6H,7H2,1H3,(H2,15,19). The third kappa shape index (κ3) is 2.50. The first-order valence-electron chi connectivity index (χ1n) is 5.76. The Morgan fingerprint density at radius 1 is 1.30 bits per heavy atom. The van der Waals surface area contributed by atoms with Gasteiger partial charge in [-0.3, -0.25) is 18.7 Å². The first-order chi connectivity index (χ1) is 9.41. The van der Waals surface area contributed by atoms with E-state index in [2.05, 4.69) is 0 Å². The van der Waals surface area contributed by atoms with Gasteiger partial charge in [0.1, 0.15) is 5.15 Å². The lowest BCUT2D eigenvalue weighted by Crippen LogP contribution is -2.38. The van der Waals surface area contributed by atoms with Gasteiger partial charge in [-0.1, -0.05) is 29.8 Å². The van der Waals surface area contributed by atoms with Crippen LogP contribution in [0.4, 0.5) is 0 Å². The second kappa shape index (κ2) is 5.34. The molecule has 0 fully saturated rings. The first kappa shape index (κ1) is 14.1. The normalized spacial score (nSPS) is 10.5. The Morgan fingerprint density at radius 3 is 2.60 bits per heavy atom. The van der Waals surface area contributed by atoms with E-state index in [1.807, 2.05) is 0 Å². The summed E-state index contributed by atoms with van der Waals surface area (Å²) in [7, 11) is 1.36. The summed E-state index contributed by atoms with van der Waals surface area (Å²) in [5.41, 5.74) is 5.11. The third-order valence-electron chi connectivity index (χ3n) is 2.96. The average Bonchev–Trinajstić information content (AvgIpc) is 2.41. The number of rotatable bonds is 3. The number of aromatic nitrogens is 2. The predicted octanol–water partition coefficient (Wildman–Crippen LogP) is 0.348. The van der Waals surface area contributed by atoms with Crippen molar-refractivity contribution in [3.05, 3.63) is 67.4 Å². The SMILES string of the molecule is Cn1c(=O)cc(Cl)n(Cc2ccccc2C(N)=O)c1=O. The summed E-state index contributed by atoms with van der Waals surface area (Å²) in [5.74, 6) is -0.588. The highest BCUT2D eigenvalue weighted by molar-refractivity contribution is 6.29. The summed E-state index contributed by atoms with van der Waals surface area (Å²) < 4.78 is 2.14. The maximum Gasteiger partial charge on any atom is 0.332 e. The monoisotopic (exact) mass is 293 g/mol. The van der Waals surface area contributed by atoms with E-state index < -0.39 is 17.2 Å². The number of amides is 1. The topological polar surface area (TPSA) is 87.1 Å². The zero-order valence-corrected chi connectivity index (χ0v) is 11.4. The van der Waals surface area contributed by atoms with E-state index in [0.717, 1.165) is 10.6 Å². The lowest BCUT2D eigenvalue weighted by molar-refractivity contribution is 0.0999. The van der Waals surface area contributed by atoms with Crippen molar-refractivity contribution in [1.29, 1.82) is 0 Å². The van der Waals surface area contributed by atoms with E-state index in [0.29, 0.717) is 11.1 Å². The number of hydrogen-bond donors (Lipinski definition) is 1. The number of carbonyl (C=O) groups excluding carboxylic acids is 1. The summed E-state index contributed by atoms with van der Waals surface area (Å²) >= 11 is 5.92. The van der Waals surface area contributed by atoms with Crippen LogP contribution in [0, 0.1) is 0 Å². The quantitative estimate of drug-likeness (QED) is 0.828. The predicted molar refractivity (Wildman–Crippen MR) is 75.0 cm³/mol. The van der Waals surface area contributed by atoms with E-state index in [4.69, 9.17) is 17.3 Å². The average molecular weight is 294 g/mol. The Labute approximate surface area is 119 Å². The minimum atomic E-state index is -0.588. The van der Waals surface area contributed by atoms with Gasteiger partial charge in [0, 0.05) is 18.7 Å². The minimum Gasteiger partial charge on any atom is -0.366 e. The molecule has 0 bridgehead atoms. The van der Waals surface area contributed by atoms with Crippen LogP contribution in [0.1, 0.15) is 15.9 Å². The molecule has 0 saturated carbocycles. The number of benzene rings is 1. The lowest BCUT2D eigenvalue weighted by atomic mass is 10.1. The van der Waals surface area contributed by atoms with Crippen LogP contribution in [0.3, 0.4) is 0 Å². The number of halogens is 1. The van der Waals surface area contributed by atoms with Crippen LogP contribution in [-0.2, 0) is 13.6 Å². The largest absolute Gasteiger partial charge is 0.366 e. The molecule has 2 aromatic rings. The second-order valence-electron chi connectivity index (χ2n) is 4.25. The molecule has 2 N–H and O–H groups in total. The molecule has 0 spiro atoms. The molecule has 0 unspecified atom stereocenters. The van der Waals surface area contributed by atoms with Gasteiger partial charge >= 0.3 is 5.69 Å². The molecule has 0 aliphatic rings. The van der Waals surface area contributed by atoms with Crippen molar-refractivity contribution in [2.45, 2.75) is 6.54 Å². The van der Waals surface area contributed by atoms with Gasteiger partial charge < -0.3 is 5.73 Å². The van der Waals surface area contributed by atoms with Crippen molar-refractivity contribution in [3.63, 3.8) is 0 Å². The number of primary amides is 1. The van der Waals surface area contributed by atoms with Crippen LogP contribution in [0.5, 0.6) is 0 Å². The van der Waals surface area contributed by atoms with Crippen molar-refractivity contribution in [2.24, 2.45) is 12.8 Å². The maximum atomic E-state index is 12.0. The van der Waals surface area contributed by atoms with E-state index >= 15 is 0 Å². The zero-order chi connectivity index (χ0) is 14.9. The van der Waals surface area contributed by atoms with Crippen LogP contribution in [-0.4, -0.2) is 15.0 Å². The molecule has 6 nitrogen and oxygen atoms in total. The molecule has 1 heterocycles. The summed E-state index contributed by atoms with van der Waals surface area (Å²) in [6, 6.07) is 7.79. The van der Waals surface area contributed by atoms with E-state index in [9.17, 15) is 14.4 Å². The fourth-order valence-electron chi connectivity index (χ4n) is 1.86. The van der Waals surface area contributed by atoms with Crippen molar-refractivity contribution in [2.75, 3.05) is 0 Å². The Hall–Kier alpha value is -2.34. The van der Waals surface area contributed by atoms with Crippen LogP contribution < -0.4 is 17.0 Å². The summed E-state index contributed by atoms with van der Waals surface area (Å²) in [4.78, 5) is 34.8.